The van der Waals surface area contributed by atoms with Crippen LogP contribution in [0.15, 0.2) is 0 Å². The van der Waals surface area contributed by atoms with Gasteiger partial charge < -0.3 is 25.1 Å². The van der Waals surface area contributed by atoms with Crippen molar-refractivity contribution in [1.82, 2.24) is 0 Å². The fraction of sp³-hybridized carbons (Fsp3) is 0.875. The normalized spacial score (nSPS) is 13.9. The summed E-state index contributed by atoms with van der Waals surface area (Å²) < 4.78 is 15.0. The first-order valence-electron chi connectivity index (χ1n) is 4.29. The average molecular weight is 239 g/mol. The van der Waals surface area contributed by atoms with Gasteiger partial charge >= 0.3 is 11.3 Å². The minimum absolute atomic E-state index is 0.317. The highest BCUT2D eigenvalue weighted by Gasteiger charge is 2.30. The molecule has 3 N–H and O–H groups in total. The summed E-state index contributed by atoms with van der Waals surface area (Å²) in [6.07, 6.45) is 0.317. The number of hydrogen-bond donors (Lipinski definition) is 2. The molecule has 0 bridgehead atoms. The van der Waals surface area contributed by atoms with E-state index < -0.39 is 17.3 Å². The first kappa shape index (κ1) is 14.7. The Bertz CT molecular complexity index is 189. The Hall–Kier alpha value is -0.340. The lowest BCUT2D eigenvalue weighted by atomic mass is 10.2. The topological polar surface area (TPSA) is 91.0 Å². The van der Waals surface area contributed by atoms with Crippen molar-refractivity contribution in [3.8, 4) is 0 Å². The molecule has 0 aromatic carbocycles. The molecular formula is C8H17NO5S. The quantitative estimate of drug-likeness (QED) is 0.579. The number of carboxylic acids is 1. The Morgan fingerprint density at radius 1 is 1.40 bits per heavy atom. The van der Waals surface area contributed by atoms with E-state index in [2.05, 4.69) is 0 Å². The van der Waals surface area contributed by atoms with Gasteiger partial charge in [-0.2, -0.15) is 0 Å². The summed E-state index contributed by atoms with van der Waals surface area (Å²) in [7, 11) is 4.32. The molecule has 0 aliphatic rings. The molecule has 6 nitrogen and oxygen atoms in total. The number of nitrogens with two attached hydrogens (primary N) is 1. The maximum atomic E-state index is 10.4. The Morgan fingerprint density at radius 2 is 1.87 bits per heavy atom. The van der Waals surface area contributed by atoms with Gasteiger partial charge in [-0.15, -0.1) is 0 Å². The second-order valence-corrected chi connectivity index (χ2v) is 3.89. The minimum Gasteiger partial charge on any atom is -0.480 e. The van der Waals surface area contributed by atoms with E-state index in [0.29, 0.717) is 12.2 Å². The summed E-state index contributed by atoms with van der Waals surface area (Å²) in [5, 5.41) is 7.37. The Kier molecular flexibility index (Phi) is 6.86. The van der Waals surface area contributed by atoms with Crippen molar-refractivity contribution in [3.05, 3.63) is 0 Å². The predicted octanol–water partition coefficient (Wildman–Crippen LogP) is 0.0721. The number of carboxylic acid groups (broad SMARTS) is 1. The van der Waals surface area contributed by atoms with Crippen LogP contribution in [-0.4, -0.2) is 49.5 Å². The van der Waals surface area contributed by atoms with Crippen molar-refractivity contribution in [1.29, 1.82) is 0 Å². The highest BCUT2D eigenvalue weighted by atomic mass is 32.2. The molecule has 0 aromatic heterocycles. The molecule has 0 saturated carbocycles. The van der Waals surface area contributed by atoms with E-state index in [4.69, 9.17) is 25.1 Å². The van der Waals surface area contributed by atoms with E-state index in [1.165, 1.54) is 33.1 Å². The van der Waals surface area contributed by atoms with Gasteiger partial charge in [0, 0.05) is 27.1 Å². The van der Waals surface area contributed by atoms with Crippen molar-refractivity contribution in [2.24, 2.45) is 5.73 Å². The van der Waals surface area contributed by atoms with Crippen LogP contribution in [0, 0.1) is 0 Å². The fourth-order valence-electron chi connectivity index (χ4n) is 0.861. The molecule has 0 aromatic rings. The van der Waals surface area contributed by atoms with E-state index in [0.717, 1.165) is 0 Å². The van der Waals surface area contributed by atoms with Gasteiger partial charge in [-0.25, -0.2) is 0 Å². The number of thioether (sulfide) groups is 1. The van der Waals surface area contributed by atoms with Gasteiger partial charge in [-0.05, 0) is 6.42 Å². The van der Waals surface area contributed by atoms with Crippen LogP contribution in [0.2, 0.25) is 0 Å². The number of ether oxygens (including phenoxy) is 3. The third kappa shape index (κ3) is 4.80. The van der Waals surface area contributed by atoms with Gasteiger partial charge in [-0.3, -0.25) is 4.79 Å². The first-order chi connectivity index (χ1) is 7.01. The van der Waals surface area contributed by atoms with Crippen molar-refractivity contribution in [2.75, 3.05) is 27.1 Å². The first-order valence-corrected chi connectivity index (χ1v) is 5.27. The molecule has 0 amide bonds. The van der Waals surface area contributed by atoms with Gasteiger partial charge in [0.15, 0.2) is 0 Å². The molecule has 0 fully saturated rings. The van der Waals surface area contributed by atoms with Crippen LogP contribution in [0.1, 0.15) is 6.42 Å². The Morgan fingerprint density at radius 3 is 2.20 bits per heavy atom. The molecule has 0 aliphatic heterocycles. The smallest absolute Gasteiger partial charge is 0.336 e. The molecule has 0 saturated heterocycles. The van der Waals surface area contributed by atoms with Crippen LogP contribution >= 0.6 is 11.8 Å². The Labute approximate surface area is 93.1 Å². The lowest BCUT2D eigenvalue weighted by Crippen LogP contribution is -2.34. The lowest BCUT2D eigenvalue weighted by Gasteiger charge is -2.27. The summed E-state index contributed by atoms with van der Waals surface area (Å²) in [5.74, 6) is -0.559. The average Bonchev–Trinajstić information content (AvgIpc) is 2.24. The summed E-state index contributed by atoms with van der Waals surface area (Å²) in [4.78, 5) is 10.4. The van der Waals surface area contributed by atoms with Gasteiger partial charge in [0.25, 0.3) is 0 Å². The molecule has 0 aliphatic carbocycles. The van der Waals surface area contributed by atoms with Crippen LogP contribution in [0.4, 0.5) is 0 Å². The third-order valence-electron chi connectivity index (χ3n) is 1.77. The van der Waals surface area contributed by atoms with E-state index in [9.17, 15) is 4.79 Å². The molecule has 0 heterocycles. The molecule has 1 atom stereocenters. The van der Waals surface area contributed by atoms with Crippen LogP contribution in [0.3, 0.4) is 0 Å². The number of hydrogen-bond acceptors (Lipinski definition) is 6. The SMILES string of the molecule is COC(OC)(OC)SCC[C@H](N)C(=O)O. The zero-order valence-corrected chi connectivity index (χ0v) is 9.87. The van der Waals surface area contributed by atoms with Crippen molar-refractivity contribution >= 4 is 17.7 Å². The standard InChI is InChI=1S/C8H17NO5S/c1-12-8(13-2,14-3)15-5-4-6(9)7(10)11/h6H,4-5,9H2,1-3H3,(H,10,11)/t6-/m0/s1. The van der Waals surface area contributed by atoms with Crippen LogP contribution in [0.25, 0.3) is 0 Å². The molecule has 0 spiro atoms. The van der Waals surface area contributed by atoms with Crippen molar-refractivity contribution < 1.29 is 24.1 Å². The molecule has 0 unspecified atom stereocenters. The largest absolute Gasteiger partial charge is 0.480 e. The highest BCUT2D eigenvalue weighted by molar-refractivity contribution is 8.00. The van der Waals surface area contributed by atoms with Gasteiger partial charge in [0.05, 0.1) is 0 Å². The molecule has 0 rings (SSSR count). The second kappa shape index (κ2) is 7.02. The summed E-state index contributed by atoms with van der Waals surface area (Å²) in [6.45, 7) is 0. The predicted molar refractivity (Wildman–Crippen MR) is 56.4 cm³/mol. The molecule has 0 radical (unpaired) electrons. The highest BCUT2D eigenvalue weighted by Crippen LogP contribution is 2.28. The van der Waals surface area contributed by atoms with Gasteiger partial charge in [0.2, 0.25) is 0 Å². The van der Waals surface area contributed by atoms with Crippen molar-refractivity contribution in [3.63, 3.8) is 0 Å². The van der Waals surface area contributed by atoms with Crippen LogP contribution in [-0.2, 0) is 19.0 Å². The maximum absolute atomic E-state index is 10.4. The van der Waals surface area contributed by atoms with E-state index in [1.807, 2.05) is 0 Å². The summed E-state index contributed by atoms with van der Waals surface area (Å²) >= 11 is 1.20. The van der Waals surface area contributed by atoms with Gasteiger partial charge in [-0.1, -0.05) is 11.8 Å². The molecule has 90 valence electrons. The maximum Gasteiger partial charge on any atom is 0.336 e. The zero-order valence-electron chi connectivity index (χ0n) is 9.06. The Balaban J connectivity index is 3.96. The van der Waals surface area contributed by atoms with Gasteiger partial charge in [0.1, 0.15) is 6.04 Å². The second-order valence-electron chi connectivity index (χ2n) is 2.69. The molecular weight excluding hydrogens is 222 g/mol. The van der Waals surface area contributed by atoms with Crippen molar-refractivity contribution in [2.45, 2.75) is 17.8 Å². The van der Waals surface area contributed by atoms with E-state index in [1.54, 1.807) is 0 Å². The van der Waals surface area contributed by atoms with Crippen LogP contribution < -0.4 is 5.73 Å². The van der Waals surface area contributed by atoms with E-state index >= 15 is 0 Å². The lowest BCUT2D eigenvalue weighted by molar-refractivity contribution is -0.284. The summed E-state index contributed by atoms with van der Waals surface area (Å²) in [6, 6.07) is -0.874. The third-order valence-corrected chi connectivity index (χ3v) is 3.07. The van der Waals surface area contributed by atoms with E-state index in [-0.39, 0.29) is 0 Å². The molecule has 15 heavy (non-hydrogen) atoms. The van der Waals surface area contributed by atoms with Crippen LogP contribution in [0.5, 0.6) is 0 Å². The minimum atomic E-state index is -1.18. The summed E-state index contributed by atoms with van der Waals surface area (Å²) in [5.41, 5.74) is 5.33. The number of rotatable bonds is 8. The number of methoxy groups -OCH3 is 3. The number of aliphatic carboxylic acids is 1. The fourth-order valence-corrected chi connectivity index (χ4v) is 1.84. The zero-order chi connectivity index (χ0) is 11.9. The molecule has 7 heteroatoms. The number of carbonyl (C=O) groups is 1. The monoisotopic (exact) mass is 239 g/mol.